The number of methoxy groups -OCH3 is 1. The molecule has 0 saturated carbocycles. The molecule has 1 aliphatic rings. The van der Waals surface area contributed by atoms with Gasteiger partial charge in [-0.3, -0.25) is 0 Å². The molecule has 0 bridgehead atoms. The molecule has 0 fully saturated rings. The van der Waals surface area contributed by atoms with Gasteiger partial charge in [0.25, 0.3) is 0 Å². The molecule has 0 saturated heterocycles. The third-order valence-corrected chi connectivity index (χ3v) is 4.66. The smallest absolute Gasteiger partial charge is 0.311 e. The minimum Gasteiger partial charge on any atom is -0.497 e. The van der Waals surface area contributed by atoms with Crippen LogP contribution in [0.4, 0.5) is 0 Å². The minimum atomic E-state index is -0.946. The predicted octanol–water partition coefficient (Wildman–Crippen LogP) is 3.99. The Morgan fingerprint density at radius 1 is 1.27 bits per heavy atom. The first-order valence-corrected chi connectivity index (χ1v) is 6.93. The summed E-state index contributed by atoms with van der Waals surface area (Å²) in [4.78, 5) is 3.04. The van der Waals surface area contributed by atoms with Gasteiger partial charge in [0.05, 0.1) is 7.11 Å². The summed E-state index contributed by atoms with van der Waals surface area (Å²) in [6.45, 7) is 0. The van der Waals surface area contributed by atoms with Crippen LogP contribution in [-0.2, 0) is 0 Å². The van der Waals surface area contributed by atoms with E-state index in [1.807, 2.05) is 24.3 Å². The third-order valence-electron chi connectivity index (χ3n) is 1.59. The molecular formula is C7H8N3O2P3. The summed E-state index contributed by atoms with van der Waals surface area (Å²) in [7, 11) is 2.25. The highest BCUT2D eigenvalue weighted by atomic mass is 31.2. The first-order valence-electron chi connectivity index (χ1n) is 4.07. The first kappa shape index (κ1) is 10.9. The van der Waals surface area contributed by atoms with E-state index in [0.717, 1.165) is 28.5 Å². The quantitative estimate of drug-likeness (QED) is 0.835. The molecule has 0 aliphatic carbocycles. The standard InChI is InChI=1S/C7H8N3O2P3/c1-11-6-2-4-7(5-3-6)12-15-9-13-8-14-10-15/h2-5H,1H3,(H,8,9,10). The lowest BCUT2D eigenvalue weighted by atomic mass is 10.3. The second-order valence-electron chi connectivity index (χ2n) is 2.51. The van der Waals surface area contributed by atoms with Gasteiger partial charge in [-0.05, 0) is 24.3 Å². The van der Waals surface area contributed by atoms with Crippen LogP contribution in [0.1, 0.15) is 0 Å². The molecule has 1 unspecified atom stereocenters. The van der Waals surface area contributed by atoms with Crippen molar-refractivity contribution in [1.29, 1.82) is 0 Å². The van der Waals surface area contributed by atoms with Gasteiger partial charge in [-0.25, -0.2) is 0 Å². The molecule has 15 heavy (non-hydrogen) atoms. The van der Waals surface area contributed by atoms with Gasteiger partial charge in [0.2, 0.25) is 0 Å². The Labute approximate surface area is 92.0 Å². The van der Waals surface area contributed by atoms with Gasteiger partial charge in [0.1, 0.15) is 20.0 Å². The van der Waals surface area contributed by atoms with E-state index in [0.29, 0.717) is 0 Å². The Morgan fingerprint density at radius 2 is 2.00 bits per heavy atom. The van der Waals surface area contributed by atoms with E-state index >= 15 is 0 Å². The van der Waals surface area contributed by atoms with E-state index in [1.165, 1.54) is 0 Å². The topological polar surface area (TPSA) is 55.2 Å². The van der Waals surface area contributed by atoms with Crippen LogP contribution < -0.4 is 14.1 Å². The van der Waals surface area contributed by atoms with E-state index in [1.54, 1.807) is 7.11 Å². The second-order valence-corrected chi connectivity index (χ2v) is 5.85. The fraction of sp³-hybridized carbons (Fsp3) is 0.143. The number of benzene rings is 1. The van der Waals surface area contributed by atoms with E-state index in [4.69, 9.17) is 9.26 Å². The molecule has 1 aliphatic heterocycles. The summed E-state index contributed by atoms with van der Waals surface area (Å²) >= 11 is 0. The lowest BCUT2D eigenvalue weighted by Gasteiger charge is -2.12. The van der Waals surface area contributed by atoms with E-state index in [2.05, 4.69) is 13.9 Å². The molecule has 1 aromatic carbocycles. The number of nitrogens with zero attached hydrogens (tertiary/aromatic N) is 2. The highest BCUT2D eigenvalue weighted by Gasteiger charge is 2.10. The van der Waals surface area contributed by atoms with Crippen molar-refractivity contribution >= 4 is 25.5 Å². The molecule has 5 nitrogen and oxygen atoms in total. The number of hydrogen-bond donors (Lipinski definition) is 1. The van der Waals surface area contributed by atoms with Crippen molar-refractivity contribution < 1.29 is 9.26 Å². The lowest BCUT2D eigenvalue weighted by Crippen LogP contribution is -1.96. The summed E-state index contributed by atoms with van der Waals surface area (Å²) in [5.41, 5.74) is 0. The molecule has 0 radical (unpaired) electrons. The molecule has 8 heteroatoms. The van der Waals surface area contributed by atoms with E-state index < -0.39 is 8.45 Å². The summed E-state index contributed by atoms with van der Waals surface area (Å²) in [6.07, 6.45) is 0. The Bertz CT molecular complexity index is 382. The predicted molar refractivity (Wildman–Crippen MR) is 62.4 cm³/mol. The molecule has 1 atom stereocenters. The number of nitrogens with one attached hydrogen (secondary N) is 1. The fourth-order valence-corrected chi connectivity index (χ4v) is 3.82. The molecule has 1 aromatic rings. The van der Waals surface area contributed by atoms with Crippen molar-refractivity contribution in [1.82, 2.24) is 4.86 Å². The molecule has 2 rings (SSSR count). The normalized spacial score (nSPS) is 21.0. The maximum atomic E-state index is 5.61. The van der Waals surface area contributed by atoms with Gasteiger partial charge in [0.15, 0.2) is 8.52 Å². The number of ether oxygens (including phenoxy) is 1. The summed E-state index contributed by atoms with van der Waals surface area (Å²) in [6, 6.07) is 7.43. The van der Waals surface area contributed by atoms with Crippen LogP contribution in [0.2, 0.25) is 0 Å². The Morgan fingerprint density at radius 3 is 2.60 bits per heavy atom. The zero-order valence-electron chi connectivity index (χ0n) is 7.86. The van der Waals surface area contributed by atoms with Gasteiger partial charge in [0, 0.05) is 0 Å². The molecule has 1 heterocycles. The molecule has 78 valence electrons. The monoisotopic (exact) mass is 259 g/mol. The SMILES string of the molecule is COc1ccc(OP2N=PN=PN2)cc1. The second kappa shape index (κ2) is 5.48. The van der Waals surface area contributed by atoms with E-state index in [9.17, 15) is 0 Å². The summed E-state index contributed by atoms with van der Waals surface area (Å²) < 4.78 is 18.8. The number of rotatable bonds is 3. The molecule has 0 aromatic heterocycles. The highest BCUT2D eigenvalue weighted by molar-refractivity contribution is 7.64. The Balaban J connectivity index is 1.98. The van der Waals surface area contributed by atoms with Crippen LogP contribution in [0, 0.1) is 0 Å². The fourth-order valence-electron chi connectivity index (χ4n) is 0.928. The van der Waals surface area contributed by atoms with Crippen molar-refractivity contribution in [3.05, 3.63) is 24.3 Å². The van der Waals surface area contributed by atoms with Crippen molar-refractivity contribution in [3.8, 4) is 11.5 Å². The molecular weight excluding hydrogens is 251 g/mol. The Hall–Kier alpha value is -0.590. The summed E-state index contributed by atoms with van der Waals surface area (Å²) in [5.74, 6) is 1.60. The van der Waals surface area contributed by atoms with Gasteiger partial charge < -0.3 is 9.26 Å². The van der Waals surface area contributed by atoms with Crippen LogP contribution in [-0.4, -0.2) is 7.11 Å². The minimum absolute atomic E-state index is 0.735. The van der Waals surface area contributed by atoms with Crippen molar-refractivity contribution in [2.45, 2.75) is 0 Å². The summed E-state index contributed by atoms with van der Waals surface area (Å²) in [5, 5.41) is 0. The van der Waals surface area contributed by atoms with E-state index in [-0.39, 0.29) is 0 Å². The van der Waals surface area contributed by atoms with Crippen LogP contribution in [0.25, 0.3) is 0 Å². The zero-order chi connectivity index (χ0) is 10.5. The van der Waals surface area contributed by atoms with Crippen molar-refractivity contribution in [3.63, 3.8) is 0 Å². The average Bonchev–Trinajstić information content (AvgIpc) is 2.31. The van der Waals surface area contributed by atoms with Gasteiger partial charge in [-0.15, -0.1) is 0 Å². The third kappa shape index (κ3) is 3.19. The number of hydrogen-bond acceptors (Lipinski definition) is 5. The van der Waals surface area contributed by atoms with Gasteiger partial charge in [-0.2, -0.15) is 13.9 Å². The lowest BCUT2D eigenvalue weighted by molar-refractivity contribution is 0.414. The first-order chi connectivity index (χ1) is 7.38. The van der Waals surface area contributed by atoms with Gasteiger partial charge in [-0.1, -0.05) is 0 Å². The molecule has 0 amide bonds. The van der Waals surface area contributed by atoms with Crippen molar-refractivity contribution in [2.75, 3.05) is 7.11 Å². The maximum Gasteiger partial charge on any atom is 0.311 e. The van der Waals surface area contributed by atoms with Gasteiger partial charge >= 0.3 is 8.45 Å². The van der Waals surface area contributed by atoms with Crippen LogP contribution >= 0.6 is 25.5 Å². The van der Waals surface area contributed by atoms with Crippen LogP contribution in [0.15, 0.2) is 33.3 Å². The zero-order valence-corrected chi connectivity index (χ0v) is 10.5. The maximum absolute atomic E-state index is 5.61. The Kier molecular flexibility index (Phi) is 3.99. The molecule has 0 spiro atoms. The van der Waals surface area contributed by atoms with Crippen LogP contribution in [0.5, 0.6) is 11.5 Å². The largest absolute Gasteiger partial charge is 0.497 e. The van der Waals surface area contributed by atoms with Crippen LogP contribution in [0.3, 0.4) is 0 Å². The molecule has 1 N–H and O–H groups in total. The average molecular weight is 259 g/mol. The highest BCUT2D eigenvalue weighted by Crippen LogP contribution is 2.44. The van der Waals surface area contributed by atoms with Crippen molar-refractivity contribution in [2.24, 2.45) is 9.03 Å².